The Hall–Kier alpha value is -3.32. The van der Waals surface area contributed by atoms with Crippen LogP contribution in [0.3, 0.4) is 0 Å². The van der Waals surface area contributed by atoms with Crippen LogP contribution in [0.5, 0.6) is 5.75 Å². The van der Waals surface area contributed by atoms with Gasteiger partial charge in [-0.3, -0.25) is 30.1 Å². The summed E-state index contributed by atoms with van der Waals surface area (Å²) in [5, 5.41) is 0.557. The minimum absolute atomic E-state index is 0.140. The molecule has 8 heteroatoms. The Morgan fingerprint density at radius 1 is 1.15 bits per heavy atom. The summed E-state index contributed by atoms with van der Waals surface area (Å²) in [5.74, 6) is -0.865. The summed E-state index contributed by atoms with van der Waals surface area (Å²) < 4.78 is 5.32. The first-order chi connectivity index (χ1) is 13.0. The number of ether oxygens (including phenoxy) is 1. The van der Waals surface area contributed by atoms with Crippen LogP contribution in [0.4, 0.5) is 5.69 Å². The lowest BCUT2D eigenvalue weighted by Gasteiger charge is -2.28. The van der Waals surface area contributed by atoms with Crippen LogP contribution in [0.1, 0.15) is 5.56 Å². The van der Waals surface area contributed by atoms with Crippen LogP contribution in [0.2, 0.25) is 5.02 Å². The topological polar surface area (TPSA) is 87.7 Å². The number of benzene rings is 2. The van der Waals surface area contributed by atoms with Gasteiger partial charge >= 0.3 is 0 Å². The van der Waals surface area contributed by atoms with Crippen molar-refractivity contribution in [2.24, 2.45) is 0 Å². The van der Waals surface area contributed by atoms with Crippen molar-refractivity contribution in [3.05, 3.63) is 65.2 Å². The molecule has 0 aromatic heterocycles. The maximum atomic E-state index is 12.1. The predicted molar refractivity (Wildman–Crippen MR) is 101 cm³/mol. The molecule has 1 aliphatic rings. The summed E-state index contributed by atoms with van der Waals surface area (Å²) in [5.41, 5.74) is 5.81. The van der Waals surface area contributed by atoms with Crippen molar-refractivity contribution in [3.63, 3.8) is 0 Å². The standard InChI is InChI=1S/C19H16ClN3O4/c20-14-5-3-4-13(10-14)8-9-17(24)21-22-18(25)11-23-15-6-1-2-7-16(15)27-12-19(23)26/h1-10H,11-12H2,(H,21,24)(H,22,25)/b9-8+. The minimum atomic E-state index is -0.537. The Morgan fingerprint density at radius 2 is 1.96 bits per heavy atom. The molecular formula is C19H16ClN3O4. The van der Waals surface area contributed by atoms with E-state index in [2.05, 4.69) is 10.9 Å². The Morgan fingerprint density at radius 3 is 2.78 bits per heavy atom. The number of carbonyl (C=O) groups is 3. The van der Waals surface area contributed by atoms with Gasteiger partial charge in [0, 0.05) is 11.1 Å². The number of nitrogens with zero attached hydrogens (tertiary/aromatic N) is 1. The summed E-state index contributed by atoms with van der Waals surface area (Å²) in [6.07, 6.45) is 2.83. The van der Waals surface area contributed by atoms with Gasteiger partial charge in [-0.2, -0.15) is 0 Å². The number of hydrogen-bond acceptors (Lipinski definition) is 4. The van der Waals surface area contributed by atoms with Gasteiger partial charge in [0.15, 0.2) is 6.61 Å². The van der Waals surface area contributed by atoms with Gasteiger partial charge < -0.3 is 4.74 Å². The van der Waals surface area contributed by atoms with Crippen LogP contribution >= 0.6 is 11.6 Å². The molecule has 1 aliphatic heterocycles. The van der Waals surface area contributed by atoms with E-state index in [1.807, 2.05) is 0 Å². The number of halogens is 1. The van der Waals surface area contributed by atoms with Crippen LogP contribution in [-0.2, 0) is 14.4 Å². The predicted octanol–water partition coefficient (Wildman–Crippen LogP) is 1.93. The zero-order valence-electron chi connectivity index (χ0n) is 14.1. The van der Waals surface area contributed by atoms with Gasteiger partial charge in [-0.1, -0.05) is 35.9 Å². The third-order valence-corrected chi connectivity index (χ3v) is 3.95. The Balaban J connectivity index is 1.54. The second kappa shape index (κ2) is 8.37. The van der Waals surface area contributed by atoms with Crippen molar-refractivity contribution in [2.45, 2.75) is 0 Å². The molecule has 3 amide bonds. The third kappa shape index (κ3) is 4.86. The van der Waals surface area contributed by atoms with E-state index in [4.69, 9.17) is 16.3 Å². The third-order valence-electron chi connectivity index (χ3n) is 3.71. The lowest BCUT2D eigenvalue weighted by molar-refractivity contribution is -0.127. The molecule has 0 radical (unpaired) electrons. The van der Waals surface area contributed by atoms with Crippen LogP contribution in [0.15, 0.2) is 54.6 Å². The molecule has 0 unspecified atom stereocenters. The van der Waals surface area contributed by atoms with Gasteiger partial charge in [0.25, 0.3) is 17.7 Å². The van der Waals surface area contributed by atoms with Gasteiger partial charge in [0.05, 0.1) is 5.69 Å². The number of nitrogens with one attached hydrogen (secondary N) is 2. The molecule has 3 rings (SSSR count). The molecule has 27 heavy (non-hydrogen) atoms. The van der Waals surface area contributed by atoms with E-state index in [-0.39, 0.29) is 19.1 Å². The van der Waals surface area contributed by atoms with Crippen LogP contribution < -0.4 is 20.5 Å². The highest BCUT2D eigenvalue weighted by Gasteiger charge is 2.26. The van der Waals surface area contributed by atoms with Crippen molar-refractivity contribution in [1.29, 1.82) is 0 Å². The zero-order valence-corrected chi connectivity index (χ0v) is 14.9. The van der Waals surface area contributed by atoms with E-state index < -0.39 is 11.8 Å². The van der Waals surface area contributed by atoms with Crippen molar-refractivity contribution in [2.75, 3.05) is 18.1 Å². The molecule has 1 heterocycles. The first-order valence-electron chi connectivity index (χ1n) is 8.07. The highest BCUT2D eigenvalue weighted by Crippen LogP contribution is 2.31. The van der Waals surface area contributed by atoms with Crippen molar-refractivity contribution >= 4 is 41.1 Å². The quantitative estimate of drug-likeness (QED) is 0.621. The molecule has 0 fully saturated rings. The minimum Gasteiger partial charge on any atom is -0.482 e. The van der Waals surface area contributed by atoms with Gasteiger partial charge in [-0.15, -0.1) is 0 Å². The molecule has 138 valence electrons. The number of anilines is 1. The number of para-hydroxylation sites is 2. The normalized spacial score (nSPS) is 13.1. The average molecular weight is 386 g/mol. The van der Waals surface area contributed by atoms with Crippen molar-refractivity contribution in [3.8, 4) is 5.75 Å². The van der Waals surface area contributed by atoms with Crippen molar-refractivity contribution in [1.82, 2.24) is 10.9 Å². The lowest BCUT2D eigenvalue weighted by atomic mass is 10.2. The maximum absolute atomic E-state index is 12.1. The summed E-state index contributed by atoms with van der Waals surface area (Å²) in [6.45, 7) is -0.378. The molecule has 7 nitrogen and oxygen atoms in total. The lowest BCUT2D eigenvalue weighted by Crippen LogP contribution is -2.49. The summed E-state index contributed by atoms with van der Waals surface area (Å²) in [7, 11) is 0. The maximum Gasteiger partial charge on any atom is 0.265 e. The van der Waals surface area contributed by atoms with E-state index in [1.165, 1.54) is 11.0 Å². The Kier molecular flexibility index (Phi) is 5.73. The Bertz CT molecular complexity index is 913. The largest absolute Gasteiger partial charge is 0.482 e. The second-order valence-electron chi connectivity index (χ2n) is 5.66. The van der Waals surface area contributed by atoms with Crippen LogP contribution in [-0.4, -0.2) is 30.9 Å². The molecule has 2 aromatic rings. The van der Waals surface area contributed by atoms with Crippen LogP contribution in [0, 0.1) is 0 Å². The number of carbonyl (C=O) groups excluding carboxylic acids is 3. The van der Waals surface area contributed by atoms with E-state index >= 15 is 0 Å². The molecule has 0 saturated heterocycles. The average Bonchev–Trinajstić information content (AvgIpc) is 2.67. The van der Waals surface area contributed by atoms with E-state index in [1.54, 1.807) is 54.6 Å². The van der Waals surface area contributed by atoms with Gasteiger partial charge in [-0.05, 0) is 35.9 Å². The van der Waals surface area contributed by atoms with E-state index in [0.717, 1.165) is 5.56 Å². The van der Waals surface area contributed by atoms with E-state index in [9.17, 15) is 14.4 Å². The number of fused-ring (bicyclic) bond motifs is 1. The van der Waals surface area contributed by atoms with E-state index in [0.29, 0.717) is 16.5 Å². The molecule has 0 saturated carbocycles. The summed E-state index contributed by atoms with van der Waals surface area (Å²) in [4.78, 5) is 37.2. The van der Waals surface area contributed by atoms with Gasteiger partial charge in [-0.25, -0.2) is 0 Å². The zero-order chi connectivity index (χ0) is 19.2. The van der Waals surface area contributed by atoms with Crippen molar-refractivity contribution < 1.29 is 19.1 Å². The SMILES string of the molecule is O=C(/C=C/c1cccc(Cl)c1)NNC(=O)CN1C(=O)COc2ccccc21. The van der Waals surface area contributed by atoms with Gasteiger partial charge in [0.1, 0.15) is 12.3 Å². The smallest absolute Gasteiger partial charge is 0.265 e. The van der Waals surface area contributed by atoms with Crippen LogP contribution in [0.25, 0.3) is 6.08 Å². The first kappa shape index (κ1) is 18.5. The fraction of sp³-hybridized carbons (Fsp3) is 0.105. The highest BCUT2D eigenvalue weighted by atomic mass is 35.5. The molecule has 2 N–H and O–H groups in total. The molecular weight excluding hydrogens is 370 g/mol. The fourth-order valence-corrected chi connectivity index (χ4v) is 2.66. The fourth-order valence-electron chi connectivity index (χ4n) is 2.47. The molecule has 0 bridgehead atoms. The number of hydrazine groups is 1. The summed E-state index contributed by atoms with van der Waals surface area (Å²) >= 11 is 5.87. The number of amides is 3. The molecule has 0 atom stereocenters. The Labute approximate surface area is 160 Å². The molecule has 0 aliphatic carbocycles. The number of hydrogen-bond donors (Lipinski definition) is 2. The van der Waals surface area contributed by atoms with Gasteiger partial charge in [0.2, 0.25) is 0 Å². The highest BCUT2D eigenvalue weighted by molar-refractivity contribution is 6.30. The molecule has 0 spiro atoms. The monoisotopic (exact) mass is 385 g/mol. The first-order valence-corrected chi connectivity index (χ1v) is 8.45. The summed E-state index contributed by atoms with van der Waals surface area (Å²) in [6, 6.07) is 13.9. The second-order valence-corrected chi connectivity index (χ2v) is 6.10. The number of rotatable bonds is 4. The molecule has 2 aromatic carbocycles.